The van der Waals surface area contributed by atoms with E-state index >= 15 is 0 Å². The normalized spacial score (nSPS) is 39.3. The van der Waals surface area contributed by atoms with E-state index in [1.54, 1.807) is 0 Å². The zero-order valence-corrected chi connectivity index (χ0v) is 14.5. The van der Waals surface area contributed by atoms with Crippen molar-refractivity contribution >= 4 is 0 Å². The number of hydrogen-bond donors (Lipinski definition) is 1. The highest BCUT2D eigenvalue weighted by Gasteiger charge is 2.61. The smallest absolute Gasteiger partial charge is 0.0689 e. The van der Waals surface area contributed by atoms with Crippen molar-refractivity contribution in [2.24, 2.45) is 16.7 Å². The maximum atomic E-state index is 10.2. The minimum absolute atomic E-state index is 0.280. The molecule has 1 aliphatic heterocycles. The number of morpholine rings is 1. The number of β-amino-alcohol motifs (C(OH)–C–C–N with tert-alkyl or cyclic N) is 1. The molecule has 0 aromatic carbocycles. The summed E-state index contributed by atoms with van der Waals surface area (Å²) in [6.45, 7) is 12.2. The van der Waals surface area contributed by atoms with Gasteiger partial charge in [0.2, 0.25) is 0 Å². The van der Waals surface area contributed by atoms with Crippen molar-refractivity contribution in [2.75, 3.05) is 39.5 Å². The molecule has 4 heteroatoms. The number of aliphatic hydroxyl groups is 1. The zero-order valence-electron chi connectivity index (χ0n) is 14.5. The summed E-state index contributed by atoms with van der Waals surface area (Å²) in [6, 6.07) is 0. The van der Waals surface area contributed by atoms with E-state index in [1.165, 1.54) is 19.3 Å². The van der Waals surface area contributed by atoms with Crippen LogP contribution in [0, 0.1) is 16.7 Å². The van der Waals surface area contributed by atoms with Crippen LogP contribution in [0.3, 0.4) is 0 Å². The van der Waals surface area contributed by atoms with E-state index in [2.05, 4.69) is 25.7 Å². The maximum Gasteiger partial charge on any atom is 0.0689 e. The summed E-state index contributed by atoms with van der Waals surface area (Å²) in [7, 11) is 0. The molecule has 1 heterocycles. The summed E-state index contributed by atoms with van der Waals surface area (Å²) in [4.78, 5) is 2.29. The molecule has 0 amide bonds. The van der Waals surface area contributed by atoms with Crippen molar-refractivity contribution in [1.29, 1.82) is 0 Å². The molecule has 0 aromatic rings. The van der Waals surface area contributed by atoms with E-state index in [0.29, 0.717) is 23.5 Å². The fraction of sp³-hybridized carbons (Fsp3) is 1.00. The lowest BCUT2D eigenvalue weighted by molar-refractivity contribution is -0.0583. The standard InChI is InChI=1S/C18H33NO3/c1-17(2)14-4-6-18(17,3)16(12-14)22-9-5-15(20)13-19-7-10-21-11-8-19/h14-16,20H,4-13H2,1-3H3/t14-,15+,16-,18+/m1/s1. The second-order valence-electron chi connectivity index (χ2n) is 8.33. The van der Waals surface area contributed by atoms with E-state index in [1.807, 2.05) is 0 Å². The summed E-state index contributed by atoms with van der Waals surface area (Å²) in [5.74, 6) is 0.820. The molecule has 22 heavy (non-hydrogen) atoms. The third-order valence-electron chi connectivity index (χ3n) is 7.06. The third-order valence-corrected chi connectivity index (χ3v) is 7.06. The highest BCUT2D eigenvalue weighted by atomic mass is 16.5. The topological polar surface area (TPSA) is 41.9 Å². The molecular formula is C18H33NO3. The number of rotatable bonds is 6. The number of fused-ring (bicyclic) bond motifs is 2. The van der Waals surface area contributed by atoms with E-state index in [9.17, 15) is 5.11 Å². The second-order valence-corrected chi connectivity index (χ2v) is 8.33. The Morgan fingerprint density at radius 3 is 2.59 bits per heavy atom. The molecule has 0 unspecified atom stereocenters. The highest BCUT2D eigenvalue weighted by Crippen LogP contribution is 2.66. The molecule has 4 atom stereocenters. The fourth-order valence-corrected chi connectivity index (χ4v) is 4.90. The quantitative estimate of drug-likeness (QED) is 0.817. The fourth-order valence-electron chi connectivity index (χ4n) is 4.90. The van der Waals surface area contributed by atoms with Crippen LogP contribution in [0.25, 0.3) is 0 Å². The predicted molar refractivity (Wildman–Crippen MR) is 86.9 cm³/mol. The molecule has 2 bridgehead atoms. The molecule has 2 aliphatic carbocycles. The Bertz CT molecular complexity index is 381. The Hall–Kier alpha value is -0.160. The van der Waals surface area contributed by atoms with Gasteiger partial charge in [-0.2, -0.15) is 0 Å². The first kappa shape index (κ1) is 16.7. The first-order chi connectivity index (χ1) is 10.4. The van der Waals surface area contributed by atoms with Gasteiger partial charge in [0.15, 0.2) is 0 Å². The average Bonchev–Trinajstić information content (AvgIpc) is 2.81. The Balaban J connectivity index is 1.40. The molecule has 2 saturated carbocycles. The monoisotopic (exact) mass is 311 g/mol. The molecule has 3 rings (SSSR count). The largest absolute Gasteiger partial charge is 0.392 e. The van der Waals surface area contributed by atoms with Gasteiger partial charge in [-0.1, -0.05) is 20.8 Å². The third kappa shape index (κ3) is 2.95. The van der Waals surface area contributed by atoms with Crippen molar-refractivity contribution in [3.8, 4) is 0 Å². The average molecular weight is 311 g/mol. The van der Waals surface area contributed by atoms with Gasteiger partial charge in [-0.05, 0) is 42.4 Å². The highest BCUT2D eigenvalue weighted by molar-refractivity contribution is 5.11. The first-order valence-electron chi connectivity index (χ1n) is 9.03. The molecule has 0 spiro atoms. The summed E-state index contributed by atoms with van der Waals surface area (Å²) in [6.07, 6.45) is 4.72. The summed E-state index contributed by atoms with van der Waals surface area (Å²) < 4.78 is 11.6. The Morgan fingerprint density at radius 1 is 1.27 bits per heavy atom. The summed E-state index contributed by atoms with van der Waals surface area (Å²) in [5, 5.41) is 10.2. The zero-order chi connectivity index (χ0) is 15.8. The Kier molecular flexibility index (Phi) is 4.84. The Labute approximate surface area is 135 Å². The SMILES string of the molecule is CC1(C)[C@@H]2CC[C@@]1(C)[C@H](OCC[C@H](O)CN1CCOCC1)C2. The molecule has 0 aromatic heterocycles. The van der Waals surface area contributed by atoms with Crippen LogP contribution in [0.15, 0.2) is 0 Å². The van der Waals surface area contributed by atoms with Gasteiger partial charge in [-0.25, -0.2) is 0 Å². The van der Waals surface area contributed by atoms with Crippen LogP contribution in [-0.2, 0) is 9.47 Å². The van der Waals surface area contributed by atoms with Gasteiger partial charge in [-0.3, -0.25) is 4.90 Å². The minimum Gasteiger partial charge on any atom is -0.392 e. The van der Waals surface area contributed by atoms with Gasteiger partial charge in [0.25, 0.3) is 0 Å². The van der Waals surface area contributed by atoms with Gasteiger partial charge in [-0.15, -0.1) is 0 Å². The van der Waals surface area contributed by atoms with Crippen molar-refractivity contribution in [3.05, 3.63) is 0 Å². The predicted octanol–water partition coefficient (Wildman–Crippen LogP) is 2.30. The van der Waals surface area contributed by atoms with Crippen LogP contribution in [0.5, 0.6) is 0 Å². The molecule has 1 saturated heterocycles. The van der Waals surface area contributed by atoms with E-state index in [4.69, 9.17) is 9.47 Å². The summed E-state index contributed by atoms with van der Waals surface area (Å²) in [5.41, 5.74) is 0.733. The molecule has 4 nitrogen and oxygen atoms in total. The molecular weight excluding hydrogens is 278 g/mol. The molecule has 0 radical (unpaired) electrons. The van der Waals surface area contributed by atoms with E-state index in [-0.39, 0.29) is 6.10 Å². The number of nitrogens with zero attached hydrogens (tertiary/aromatic N) is 1. The van der Waals surface area contributed by atoms with Gasteiger partial charge in [0.05, 0.1) is 25.4 Å². The maximum absolute atomic E-state index is 10.2. The van der Waals surface area contributed by atoms with Crippen LogP contribution in [0.2, 0.25) is 0 Å². The van der Waals surface area contributed by atoms with Crippen molar-refractivity contribution < 1.29 is 14.6 Å². The van der Waals surface area contributed by atoms with Crippen LogP contribution in [-0.4, -0.2) is 61.7 Å². The lowest BCUT2D eigenvalue weighted by atomic mass is 9.70. The van der Waals surface area contributed by atoms with Crippen LogP contribution in [0.4, 0.5) is 0 Å². The van der Waals surface area contributed by atoms with Crippen LogP contribution < -0.4 is 0 Å². The minimum atomic E-state index is -0.280. The lowest BCUT2D eigenvalue weighted by Crippen LogP contribution is -2.41. The Morgan fingerprint density at radius 2 is 2.00 bits per heavy atom. The van der Waals surface area contributed by atoms with Crippen molar-refractivity contribution in [2.45, 2.75) is 58.7 Å². The van der Waals surface area contributed by atoms with Gasteiger partial charge in [0.1, 0.15) is 0 Å². The molecule has 3 aliphatic rings. The second kappa shape index (κ2) is 6.39. The van der Waals surface area contributed by atoms with E-state index < -0.39 is 0 Å². The summed E-state index contributed by atoms with van der Waals surface area (Å²) >= 11 is 0. The van der Waals surface area contributed by atoms with E-state index in [0.717, 1.165) is 45.2 Å². The van der Waals surface area contributed by atoms with Crippen LogP contribution >= 0.6 is 0 Å². The van der Waals surface area contributed by atoms with Gasteiger partial charge in [0, 0.05) is 26.2 Å². The number of aliphatic hydroxyl groups excluding tert-OH is 1. The molecule has 128 valence electrons. The van der Waals surface area contributed by atoms with Crippen molar-refractivity contribution in [3.63, 3.8) is 0 Å². The number of ether oxygens (including phenoxy) is 2. The first-order valence-corrected chi connectivity index (χ1v) is 9.03. The lowest BCUT2D eigenvalue weighted by Gasteiger charge is -2.39. The van der Waals surface area contributed by atoms with Crippen LogP contribution in [0.1, 0.15) is 46.5 Å². The molecule has 1 N–H and O–H groups in total. The van der Waals surface area contributed by atoms with Gasteiger partial charge >= 0.3 is 0 Å². The van der Waals surface area contributed by atoms with Crippen molar-refractivity contribution in [1.82, 2.24) is 4.90 Å². The van der Waals surface area contributed by atoms with Gasteiger partial charge < -0.3 is 14.6 Å². The number of hydrogen-bond acceptors (Lipinski definition) is 4. The molecule has 3 fully saturated rings.